The Bertz CT molecular complexity index is 630. The van der Waals surface area contributed by atoms with Crippen molar-refractivity contribution in [3.05, 3.63) is 11.8 Å². The second kappa shape index (κ2) is 7.15. The van der Waals surface area contributed by atoms with Crippen LogP contribution < -0.4 is 16.4 Å². The molecule has 2 fully saturated rings. The molecule has 1 heterocycles. The molecule has 0 aromatic carbocycles. The van der Waals surface area contributed by atoms with Crippen molar-refractivity contribution in [2.75, 3.05) is 10.6 Å². The maximum absolute atomic E-state index is 11.7. The van der Waals surface area contributed by atoms with Crippen molar-refractivity contribution >= 4 is 17.7 Å². The van der Waals surface area contributed by atoms with Gasteiger partial charge in [0.2, 0.25) is 5.95 Å². The van der Waals surface area contributed by atoms with Crippen LogP contribution in [-0.2, 0) is 0 Å². The van der Waals surface area contributed by atoms with E-state index in [1.165, 1.54) is 19.0 Å². The lowest BCUT2D eigenvalue weighted by Gasteiger charge is -2.32. The summed E-state index contributed by atoms with van der Waals surface area (Å²) in [4.78, 5) is 20.5. The van der Waals surface area contributed by atoms with Crippen LogP contribution in [0.3, 0.4) is 0 Å². The van der Waals surface area contributed by atoms with Gasteiger partial charge < -0.3 is 21.5 Å². The van der Waals surface area contributed by atoms with Gasteiger partial charge in [-0.25, -0.2) is 4.98 Å². The number of aliphatic hydroxyl groups excluding tert-OH is 1. The number of rotatable bonds is 5. The Morgan fingerprint density at radius 3 is 2.72 bits per heavy atom. The first-order valence-corrected chi connectivity index (χ1v) is 9.26. The van der Waals surface area contributed by atoms with E-state index in [4.69, 9.17) is 5.73 Å². The third kappa shape index (κ3) is 4.21. The van der Waals surface area contributed by atoms with E-state index < -0.39 is 5.91 Å². The van der Waals surface area contributed by atoms with Crippen molar-refractivity contribution in [3.8, 4) is 0 Å². The van der Waals surface area contributed by atoms with Crippen LogP contribution in [0.25, 0.3) is 0 Å². The number of primary amides is 1. The summed E-state index contributed by atoms with van der Waals surface area (Å²) in [6.45, 7) is 4.24. The molecule has 1 amide bonds. The fraction of sp³-hybridized carbons (Fsp3) is 0.722. The number of amides is 1. The minimum atomic E-state index is -0.550. The van der Waals surface area contributed by atoms with E-state index in [1.54, 1.807) is 0 Å². The lowest BCUT2D eigenvalue weighted by Crippen LogP contribution is -2.36. The molecule has 25 heavy (non-hydrogen) atoms. The van der Waals surface area contributed by atoms with E-state index >= 15 is 0 Å². The minimum Gasteiger partial charge on any atom is -0.393 e. The van der Waals surface area contributed by atoms with Crippen LogP contribution in [0.5, 0.6) is 0 Å². The molecular weight excluding hydrogens is 318 g/mol. The summed E-state index contributed by atoms with van der Waals surface area (Å²) < 4.78 is 0. The third-order valence-electron chi connectivity index (χ3n) is 5.67. The summed E-state index contributed by atoms with van der Waals surface area (Å²) >= 11 is 0. The quantitative estimate of drug-likeness (QED) is 0.650. The highest BCUT2D eigenvalue weighted by atomic mass is 16.3. The second-order valence-corrected chi connectivity index (χ2v) is 7.91. The van der Waals surface area contributed by atoms with Crippen LogP contribution in [0.4, 0.5) is 11.8 Å². The normalized spacial score (nSPS) is 28.5. The minimum absolute atomic E-state index is 0.00196. The molecule has 2 aliphatic rings. The fourth-order valence-corrected chi connectivity index (χ4v) is 3.91. The molecule has 0 bridgehead atoms. The monoisotopic (exact) mass is 347 g/mol. The van der Waals surface area contributed by atoms with Gasteiger partial charge >= 0.3 is 0 Å². The largest absolute Gasteiger partial charge is 0.393 e. The Morgan fingerprint density at radius 2 is 2.08 bits per heavy atom. The standard InChI is InChI=1S/C18H29N5O2/c1-11-5-6-12(9-14(11)24)21-16-13(15(19)25)10-20-17(22-16)23-18(2)7-3-4-8-18/h10-12,14,24H,3-9H2,1-2H3,(H2,19,25)(H2,20,21,22,23)/t11-,12?,14-/m1/s1. The van der Waals surface area contributed by atoms with Gasteiger partial charge in [-0.2, -0.15) is 4.98 Å². The summed E-state index contributed by atoms with van der Waals surface area (Å²) in [7, 11) is 0. The molecule has 7 nitrogen and oxygen atoms in total. The number of nitrogens with one attached hydrogen (secondary N) is 2. The number of carbonyl (C=O) groups excluding carboxylic acids is 1. The van der Waals surface area contributed by atoms with Crippen LogP contribution in [0.2, 0.25) is 0 Å². The fourth-order valence-electron chi connectivity index (χ4n) is 3.91. The molecule has 2 saturated carbocycles. The van der Waals surface area contributed by atoms with Gasteiger partial charge in [-0.1, -0.05) is 19.8 Å². The highest BCUT2D eigenvalue weighted by Crippen LogP contribution is 2.32. The van der Waals surface area contributed by atoms with Crippen molar-refractivity contribution in [1.82, 2.24) is 9.97 Å². The predicted octanol–water partition coefficient (Wildman–Crippen LogP) is 2.28. The highest BCUT2D eigenvalue weighted by molar-refractivity contribution is 5.97. The molecule has 3 rings (SSSR count). The summed E-state index contributed by atoms with van der Waals surface area (Å²) in [6.07, 6.45) is 8.25. The van der Waals surface area contributed by atoms with Gasteiger partial charge in [0.25, 0.3) is 5.91 Å². The van der Waals surface area contributed by atoms with E-state index in [2.05, 4.69) is 34.4 Å². The number of aliphatic hydroxyl groups is 1. The molecule has 0 saturated heterocycles. The number of nitrogens with zero attached hydrogens (tertiary/aromatic N) is 2. The summed E-state index contributed by atoms with van der Waals surface area (Å²) in [5, 5.41) is 16.8. The van der Waals surface area contributed by atoms with Crippen molar-refractivity contribution in [2.24, 2.45) is 11.7 Å². The molecule has 2 aliphatic carbocycles. The Morgan fingerprint density at radius 1 is 1.36 bits per heavy atom. The van der Waals surface area contributed by atoms with Gasteiger partial charge in [0.05, 0.1) is 11.7 Å². The number of aromatic nitrogens is 2. The van der Waals surface area contributed by atoms with Gasteiger partial charge in [-0.3, -0.25) is 4.79 Å². The van der Waals surface area contributed by atoms with Gasteiger partial charge in [-0.05, 0) is 44.9 Å². The smallest absolute Gasteiger partial charge is 0.254 e. The first-order valence-electron chi connectivity index (χ1n) is 9.26. The lowest BCUT2D eigenvalue weighted by molar-refractivity contribution is 0.0739. The van der Waals surface area contributed by atoms with E-state index in [0.717, 1.165) is 25.7 Å². The van der Waals surface area contributed by atoms with Gasteiger partial charge in [0, 0.05) is 17.8 Å². The topological polar surface area (TPSA) is 113 Å². The maximum Gasteiger partial charge on any atom is 0.254 e. The van der Waals surface area contributed by atoms with E-state index in [9.17, 15) is 9.90 Å². The maximum atomic E-state index is 11.7. The molecule has 7 heteroatoms. The van der Waals surface area contributed by atoms with Crippen LogP contribution >= 0.6 is 0 Å². The summed E-state index contributed by atoms with van der Waals surface area (Å²) in [6, 6.07) is 0.0779. The van der Waals surface area contributed by atoms with Gasteiger partial charge in [-0.15, -0.1) is 0 Å². The molecular formula is C18H29N5O2. The van der Waals surface area contributed by atoms with Crippen LogP contribution in [-0.4, -0.2) is 38.7 Å². The summed E-state index contributed by atoms with van der Waals surface area (Å²) in [5.74, 6) is 0.726. The molecule has 1 aromatic heterocycles. The molecule has 1 unspecified atom stereocenters. The van der Waals surface area contributed by atoms with Crippen molar-refractivity contribution in [2.45, 2.75) is 76.5 Å². The number of anilines is 2. The third-order valence-corrected chi connectivity index (χ3v) is 5.67. The van der Waals surface area contributed by atoms with Crippen LogP contribution in [0, 0.1) is 5.92 Å². The Balaban J connectivity index is 1.78. The van der Waals surface area contributed by atoms with Gasteiger partial charge in [0.1, 0.15) is 5.82 Å². The Labute approximate surface area is 148 Å². The average Bonchev–Trinajstić information content (AvgIpc) is 2.97. The number of nitrogens with two attached hydrogens (primary N) is 1. The number of carbonyl (C=O) groups is 1. The SMILES string of the molecule is C[C@@H]1CCC(Nc2nc(NC3(C)CCCC3)ncc2C(N)=O)C[C@H]1O. The van der Waals surface area contributed by atoms with Crippen LogP contribution in [0.1, 0.15) is 69.2 Å². The summed E-state index contributed by atoms with van der Waals surface area (Å²) in [5.41, 5.74) is 5.77. The Kier molecular flexibility index (Phi) is 5.13. The molecule has 0 radical (unpaired) electrons. The zero-order chi connectivity index (χ0) is 18.0. The van der Waals surface area contributed by atoms with Gasteiger partial charge in [0.15, 0.2) is 0 Å². The Hall–Kier alpha value is -1.89. The van der Waals surface area contributed by atoms with E-state index in [-0.39, 0.29) is 23.2 Å². The molecule has 138 valence electrons. The number of hydrogen-bond donors (Lipinski definition) is 4. The number of hydrogen-bond acceptors (Lipinski definition) is 6. The van der Waals surface area contributed by atoms with Crippen molar-refractivity contribution in [3.63, 3.8) is 0 Å². The predicted molar refractivity (Wildman–Crippen MR) is 97.5 cm³/mol. The van der Waals surface area contributed by atoms with Crippen molar-refractivity contribution < 1.29 is 9.90 Å². The first kappa shape index (κ1) is 17.9. The lowest BCUT2D eigenvalue weighted by atomic mass is 9.85. The zero-order valence-corrected chi connectivity index (χ0v) is 15.1. The van der Waals surface area contributed by atoms with E-state index in [1.807, 2.05) is 0 Å². The highest BCUT2D eigenvalue weighted by Gasteiger charge is 2.30. The molecule has 1 aromatic rings. The second-order valence-electron chi connectivity index (χ2n) is 7.91. The average molecular weight is 347 g/mol. The van der Waals surface area contributed by atoms with Crippen LogP contribution in [0.15, 0.2) is 6.20 Å². The molecule has 0 spiro atoms. The zero-order valence-electron chi connectivity index (χ0n) is 15.1. The van der Waals surface area contributed by atoms with Crippen molar-refractivity contribution in [1.29, 1.82) is 0 Å². The van der Waals surface area contributed by atoms with E-state index in [0.29, 0.717) is 24.1 Å². The molecule has 5 N–H and O–H groups in total. The first-order chi connectivity index (χ1) is 11.9. The molecule has 3 atom stereocenters. The molecule has 0 aliphatic heterocycles.